The first-order valence-electron chi connectivity index (χ1n) is 9.55. The van der Waals surface area contributed by atoms with Crippen molar-refractivity contribution in [2.24, 2.45) is 5.73 Å². The third-order valence-corrected chi connectivity index (χ3v) is 5.57. The zero-order valence-electron chi connectivity index (χ0n) is 16.4. The molecule has 3 rings (SSSR count). The maximum absolute atomic E-state index is 12.0. The van der Waals surface area contributed by atoms with Crippen molar-refractivity contribution in [3.05, 3.63) is 52.0 Å². The smallest absolute Gasteiger partial charge is 0.270 e. The van der Waals surface area contributed by atoms with Gasteiger partial charge in [-0.25, -0.2) is 4.98 Å². The third-order valence-electron chi connectivity index (χ3n) is 4.70. The maximum Gasteiger partial charge on any atom is 0.270 e. The molecule has 29 heavy (non-hydrogen) atoms. The number of benzene rings is 1. The van der Waals surface area contributed by atoms with Crippen LogP contribution in [0, 0.1) is 0 Å². The van der Waals surface area contributed by atoms with Crippen LogP contribution in [0.25, 0.3) is 0 Å². The molecule has 0 aliphatic carbocycles. The van der Waals surface area contributed by atoms with E-state index in [0.29, 0.717) is 31.5 Å². The topological polar surface area (TPSA) is 80.5 Å². The predicted molar refractivity (Wildman–Crippen MR) is 122 cm³/mol. The van der Waals surface area contributed by atoms with Gasteiger partial charge in [0.15, 0.2) is 0 Å². The zero-order chi connectivity index (χ0) is 18.9. The lowest BCUT2D eigenvalue weighted by Crippen LogP contribution is -2.36. The molecule has 0 radical (unpaired) electrons. The fourth-order valence-electron chi connectivity index (χ4n) is 3.20. The molecule has 1 aliphatic rings. The fourth-order valence-corrected chi connectivity index (χ4v) is 3.85. The fraction of sp³-hybridized carbons (Fsp3) is 0.500. The van der Waals surface area contributed by atoms with E-state index in [2.05, 4.69) is 45.5 Å². The van der Waals surface area contributed by atoms with E-state index in [1.807, 2.05) is 0 Å². The predicted octanol–water partition coefficient (Wildman–Crippen LogP) is 3.25. The lowest BCUT2D eigenvalue weighted by atomic mass is 10.1. The second-order valence-corrected chi connectivity index (χ2v) is 7.71. The minimum absolute atomic E-state index is 0. The monoisotopic (exact) mass is 460 g/mol. The molecule has 6 nitrogen and oxygen atoms in total. The molecule has 1 fully saturated rings. The van der Waals surface area contributed by atoms with Gasteiger partial charge in [-0.2, -0.15) is 0 Å². The number of thiazole rings is 1. The van der Waals surface area contributed by atoms with Crippen LogP contribution in [-0.2, 0) is 17.8 Å². The summed E-state index contributed by atoms with van der Waals surface area (Å²) in [5.74, 6) is -0.139. The number of piperidine rings is 1. The molecule has 3 N–H and O–H groups in total. The first-order chi connectivity index (χ1) is 13.2. The van der Waals surface area contributed by atoms with Crippen molar-refractivity contribution >= 4 is 42.1 Å². The standard InChI is InChI=1S/C20H28N4O2S.2ClH/c21-13-19-23-18(15-27-19)20(25)22-9-4-12-26-17-7-10-24(11-8-17)14-16-5-2-1-3-6-16;;/h1-3,5-6,15,17H,4,7-14,21H2,(H,22,25);2*1H. The van der Waals surface area contributed by atoms with Gasteiger partial charge in [0.05, 0.1) is 6.10 Å². The average molecular weight is 461 g/mol. The number of likely N-dealkylation sites (tertiary alicyclic amines) is 1. The van der Waals surface area contributed by atoms with Gasteiger partial charge >= 0.3 is 0 Å². The molecule has 2 heterocycles. The molecule has 1 aliphatic heterocycles. The number of carbonyl (C=O) groups is 1. The van der Waals surface area contributed by atoms with Gasteiger partial charge < -0.3 is 15.8 Å². The minimum Gasteiger partial charge on any atom is -0.378 e. The quantitative estimate of drug-likeness (QED) is 0.561. The first kappa shape index (κ1) is 25.8. The van der Waals surface area contributed by atoms with Gasteiger partial charge in [-0.05, 0) is 24.8 Å². The molecule has 0 unspecified atom stereocenters. The van der Waals surface area contributed by atoms with Crippen molar-refractivity contribution in [1.82, 2.24) is 15.2 Å². The van der Waals surface area contributed by atoms with Crippen molar-refractivity contribution < 1.29 is 9.53 Å². The highest BCUT2D eigenvalue weighted by Gasteiger charge is 2.19. The summed E-state index contributed by atoms with van der Waals surface area (Å²) < 4.78 is 5.98. The van der Waals surface area contributed by atoms with E-state index >= 15 is 0 Å². The van der Waals surface area contributed by atoms with Crippen LogP contribution >= 0.6 is 36.2 Å². The Morgan fingerprint density at radius 3 is 2.62 bits per heavy atom. The van der Waals surface area contributed by atoms with Crippen molar-refractivity contribution in [1.29, 1.82) is 0 Å². The molecule has 0 atom stereocenters. The van der Waals surface area contributed by atoms with E-state index in [9.17, 15) is 4.79 Å². The van der Waals surface area contributed by atoms with Gasteiger partial charge in [-0.15, -0.1) is 36.2 Å². The summed E-state index contributed by atoms with van der Waals surface area (Å²) in [5.41, 5.74) is 7.34. The number of nitrogens with zero attached hydrogens (tertiary/aromatic N) is 2. The number of halogens is 2. The van der Waals surface area contributed by atoms with Crippen LogP contribution in [-0.4, -0.2) is 48.1 Å². The van der Waals surface area contributed by atoms with Gasteiger partial charge in [-0.1, -0.05) is 30.3 Å². The summed E-state index contributed by atoms with van der Waals surface area (Å²) in [7, 11) is 0. The number of hydrogen-bond acceptors (Lipinski definition) is 6. The van der Waals surface area contributed by atoms with Gasteiger partial charge in [0, 0.05) is 44.7 Å². The van der Waals surface area contributed by atoms with Crippen molar-refractivity contribution in [3.63, 3.8) is 0 Å². The number of rotatable bonds is 9. The van der Waals surface area contributed by atoms with E-state index < -0.39 is 0 Å². The number of nitrogens with one attached hydrogen (secondary N) is 1. The molecular weight excluding hydrogens is 431 g/mol. The average Bonchev–Trinajstić information content (AvgIpc) is 3.19. The van der Waals surface area contributed by atoms with Crippen LogP contribution in [0.4, 0.5) is 0 Å². The third kappa shape index (κ3) is 8.58. The molecule has 1 aromatic heterocycles. The number of carbonyl (C=O) groups excluding carboxylic acids is 1. The number of hydrogen-bond donors (Lipinski definition) is 2. The van der Waals surface area contributed by atoms with E-state index in [-0.39, 0.29) is 30.7 Å². The first-order valence-corrected chi connectivity index (χ1v) is 10.4. The largest absolute Gasteiger partial charge is 0.378 e. The van der Waals surface area contributed by atoms with Gasteiger partial charge in [0.1, 0.15) is 10.7 Å². The Balaban J connectivity index is 0.00000210. The van der Waals surface area contributed by atoms with Crippen LogP contribution in [0.5, 0.6) is 0 Å². The number of amides is 1. The molecular formula is C20H30Cl2N4O2S. The highest BCUT2D eigenvalue weighted by atomic mass is 35.5. The Hall–Kier alpha value is -1.22. The van der Waals surface area contributed by atoms with Crippen LogP contribution in [0.3, 0.4) is 0 Å². The SMILES string of the molecule is Cl.Cl.NCc1nc(C(=O)NCCCOC2CCN(Cc3ccccc3)CC2)cs1. The Morgan fingerprint density at radius 2 is 1.97 bits per heavy atom. The molecule has 0 spiro atoms. The summed E-state index contributed by atoms with van der Waals surface area (Å²) in [6.45, 7) is 4.81. The molecule has 2 aromatic rings. The molecule has 162 valence electrons. The van der Waals surface area contributed by atoms with Crippen LogP contribution in [0.1, 0.15) is 40.3 Å². The summed E-state index contributed by atoms with van der Waals surface area (Å²) in [6, 6.07) is 10.6. The number of nitrogens with two attached hydrogens (primary N) is 1. The summed E-state index contributed by atoms with van der Waals surface area (Å²) >= 11 is 1.42. The lowest BCUT2D eigenvalue weighted by molar-refractivity contribution is 0.00514. The van der Waals surface area contributed by atoms with E-state index in [4.69, 9.17) is 10.5 Å². The maximum atomic E-state index is 12.0. The summed E-state index contributed by atoms with van der Waals surface area (Å²) in [4.78, 5) is 18.6. The molecule has 0 saturated carbocycles. The Labute approximate surface area is 189 Å². The lowest BCUT2D eigenvalue weighted by Gasteiger charge is -2.32. The molecule has 1 aromatic carbocycles. The van der Waals surface area contributed by atoms with E-state index in [1.165, 1.54) is 16.9 Å². The summed E-state index contributed by atoms with van der Waals surface area (Å²) in [6.07, 6.45) is 3.28. The Bertz CT molecular complexity index is 710. The Morgan fingerprint density at radius 1 is 1.24 bits per heavy atom. The number of aromatic nitrogens is 1. The van der Waals surface area contributed by atoms with Crippen LogP contribution in [0.2, 0.25) is 0 Å². The second-order valence-electron chi connectivity index (χ2n) is 6.77. The van der Waals surface area contributed by atoms with Crippen molar-refractivity contribution in [2.75, 3.05) is 26.2 Å². The highest BCUT2D eigenvalue weighted by molar-refractivity contribution is 7.09. The zero-order valence-corrected chi connectivity index (χ0v) is 18.9. The van der Waals surface area contributed by atoms with Crippen molar-refractivity contribution in [2.45, 2.75) is 38.5 Å². The van der Waals surface area contributed by atoms with Crippen LogP contribution < -0.4 is 11.1 Å². The highest BCUT2D eigenvalue weighted by Crippen LogP contribution is 2.16. The molecule has 1 saturated heterocycles. The number of ether oxygens (including phenoxy) is 1. The molecule has 9 heteroatoms. The van der Waals surface area contributed by atoms with Gasteiger partial charge in [0.2, 0.25) is 0 Å². The molecule has 1 amide bonds. The summed E-state index contributed by atoms with van der Waals surface area (Å²) in [5, 5.41) is 5.41. The second kappa shape index (κ2) is 13.9. The van der Waals surface area contributed by atoms with E-state index in [1.54, 1.807) is 5.38 Å². The van der Waals surface area contributed by atoms with Gasteiger partial charge in [0.25, 0.3) is 5.91 Å². The van der Waals surface area contributed by atoms with Crippen molar-refractivity contribution in [3.8, 4) is 0 Å². The molecule has 0 bridgehead atoms. The normalized spacial score (nSPS) is 14.7. The van der Waals surface area contributed by atoms with Gasteiger partial charge in [-0.3, -0.25) is 9.69 Å². The minimum atomic E-state index is -0.139. The Kier molecular flexibility index (Phi) is 12.4. The van der Waals surface area contributed by atoms with E-state index in [0.717, 1.165) is 43.9 Å². The van der Waals surface area contributed by atoms with Crippen LogP contribution in [0.15, 0.2) is 35.7 Å².